The van der Waals surface area contributed by atoms with Crippen molar-refractivity contribution >= 4 is 20.4 Å². The van der Waals surface area contributed by atoms with Crippen LogP contribution in [0.1, 0.15) is 31.9 Å². The van der Waals surface area contributed by atoms with Crippen LogP contribution in [0, 0.1) is 0 Å². The molecule has 2 nitrogen and oxygen atoms in total. The van der Waals surface area contributed by atoms with Gasteiger partial charge in [0.05, 0.1) is 0 Å². The van der Waals surface area contributed by atoms with E-state index < -0.39 is 7.49 Å². The number of hydrogen-bond donors (Lipinski definition) is 0. The fourth-order valence-corrected chi connectivity index (χ4v) is 2.57. The minimum atomic E-state index is -1.51. The molecule has 0 saturated heterocycles. The Labute approximate surface area is 112 Å². The predicted octanol–water partition coefficient (Wildman–Crippen LogP) is 3.23. The van der Waals surface area contributed by atoms with Crippen LogP contribution < -0.4 is 0 Å². The van der Waals surface area contributed by atoms with Gasteiger partial charge in [-0.1, -0.05) is 0 Å². The van der Waals surface area contributed by atoms with Crippen LogP contribution in [0.25, 0.3) is 0 Å². The molecule has 1 aromatic rings. The van der Waals surface area contributed by atoms with Gasteiger partial charge in [-0.15, -0.1) is 0 Å². The molecule has 0 amide bonds. The summed E-state index contributed by atoms with van der Waals surface area (Å²) in [6.45, 7) is 14.5. The van der Waals surface area contributed by atoms with E-state index in [-0.39, 0.29) is 11.4 Å². The van der Waals surface area contributed by atoms with E-state index in [1.807, 2.05) is 38.9 Å². The second-order valence-corrected chi connectivity index (χ2v) is 10.4. The average Bonchev–Trinajstić information content (AvgIpc) is 2.13. The van der Waals surface area contributed by atoms with Crippen molar-refractivity contribution in [3.8, 4) is 0 Å². The molecule has 18 heavy (non-hydrogen) atoms. The van der Waals surface area contributed by atoms with Crippen LogP contribution in [0.2, 0.25) is 0 Å². The van der Waals surface area contributed by atoms with Crippen molar-refractivity contribution in [3.05, 3.63) is 29.1 Å². The molecule has 0 fully saturated rings. The molecule has 0 aliphatic carbocycles. The third-order valence-corrected chi connectivity index (χ3v) is 3.29. The first-order chi connectivity index (χ1) is 8.09. The third-order valence-electron chi connectivity index (χ3n) is 2.54. The van der Waals surface area contributed by atoms with Gasteiger partial charge >= 0.3 is 111 Å². The Balaban J connectivity index is 2.89. The second kappa shape index (κ2) is 5.53. The molecule has 0 aromatic carbocycles. The summed E-state index contributed by atoms with van der Waals surface area (Å²) in [6, 6.07) is 2.02. The molecule has 0 bridgehead atoms. The van der Waals surface area contributed by atoms with E-state index in [0.717, 1.165) is 5.56 Å². The van der Waals surface area contributed by atoms with Crippen molar-refractivity contribution in [2.45, 2.75) is 32.6 Å². The molecule has 0 saturated carbocycles. The molecule has 1 rings (SSSR count). The summed E-state index contributed by atoms with van der Waals surface area (Å²) in [5.41, 5.74) is 2.34. The molecule has 0 aliphatic rings. The summed E-state index contributed by atoms with van der Waals surface area (Å²) in [6.07, 6.45) is 0.366. The van der Waals surface area contributed by atoms with Crippen LogP contribution in [0.15, 0.2) is 18.0 Å². The molecule has 1 heterocycles. The molecule has 0 spiro atoms. The predicted molar refractivity (Wildman–Crippen MR) is 81.0 cm³/mol. The number of hydrogen-bond acceptors (Lipinski definition) is 2. The van der Waals surface area contributed by atoms with E-state index in [1.54, 1.807) is 0 Å². The zero-order valence-corrected chi connectivity index (χ0v) is 13.2. The van der Waals surface area contributed by atoms with Crippen molar-refractivity contribution in [2.24, 2.45) is 0 Å². The van der Waals surface area contributed by atoms with Crippen molar-refractivity contribution in [2.75, 3.05) is 20.0 Å². The van der Waals surface area contributed by atoms with Gasteiger partial charge < -0.3 is 0 Å². The summed E-state index contributed by atoms with van der Waals surface area (Å²) in [5.74, 6) is 3.95. The van der Waals surface area contributed by atoms with Gasteiger partial charge in [-0.25, -0.2) is 0 Å². The molecule has 1 aromatic heterocycles. The summed E-state index contributed by atoms with van der Waals surface area (Å²) >= 11 is 0. The Hall–Kier alpha value is -0.685. The Bertz CT molecular complexity index is 430. The van der Waals surface area contributed by atoms with Crippen LogP contribution >= 0.6 is 7.49 Å². The maximum absolute atomic E-state index is 11.9. The van der Waals surface area contributed by atoms with E-state index in [0.29, 0.717) is 6.42 Å². The van der Waals surface area contributed by atoms with E-state index in [2.05, 4.69) is 26.7 Å². The van der Waals surface area contributed by atoms with Gasteiger partial charge in [0.1, 0.15) is 0 Å². The average molecular weight is 265 g/mol. The van der Waals surface area contributed by atoms with Gasteiger partial charge in [-0.3, -0.25) is 0 Å². The number of carbonyl (C=O) groups excluding carboxylic acids is 1. The Morgan fingerprint density at radius 1 is 1.33 bits per heavy atom. The van der Waals surface area contributed by atoms with E-state index >= 15 is 0 Å². The monoisotopic (exact) mass is 265 g/mol. The standard InChI is InChI=1S/C14H23BO2P/c1-14(2,3)12-10-15-8-7-11(12)9-13(16)17-18(4,5)6/h7-8,10H,9H2,1-6H3/q+1. The van der Waals surface area contributed by atoms with Crippen molar-refractivity contribution < 1.29 is 9.32 Å². The molecule has 0 radical (unpaired) electrons. The molecular weight excluding hydrogens is 242 g/mol. The number of rotatable bonds is 3. The minimum absolute atomic E-state index is 0.0494. The first-order valence-corrected chi connectivity index (χ1v) is 9.27. The molecule has 98 valence electrons. The van der Waals surface area contributed by atoms with Crippen LogP contribution in [0.4, 0.5) is 0 Å². The maximum atomic E-state index is 11.9. The fourth-order valence-electron chi connectivity index (χ4n) is 1.90. The van der Waals surface area contributed by atoms with Gasteiger partial charge in [0, 0.05) is 0 Å². The van der Waals surface area contributed by atoms with Crippen LogP contribution in [-0.2, 0) is 21.2 Å². The van der Waals surface area contributed by atoms with E-state index in [4.69, 9.17) is 4.52 Å². The summed E-state index contributed by atoms with van der Waals surface area (Å²) in [4.78, 5) is 11.9. The molecule has 0 aliphatic heterocycles. The summed E-state index contributed by atoms with van der Waals surface area (Å²) in [5, 5.41) is 0. The fraction of sp³-hybridized carbons (Fsp3) is 0.571. The van der Waals surface area contributed by atoms with Crippen molar-refractivity contribution in [1.82, 2.24) is 0 Å². The van der Waals surface area contributed by atoms with Gasteiger partial charge in [-0.2, -0.15) is 0 Å². The van der Waals surface area contributed by atoms with Gasteiger partial charge in [0.15, 0.2) is 0 Å². The Kier molecular flexibility index (Phi) is 4.72. The first kappa shape index (κ1) is 15.4. The summed E-state index contributed by atoms with van der Waals surface area (Å²) < 4.78 is 5.48. The Morgan fingerprint density at radius 2 is 1.94 bits per heavy atom. The van der Waals surface area contributed by atoms with Crippen LogP contribution in [0.3, 0.4) is 0 Å². The zero-order chi connectivity index (χ0) is 14.0. The van der Waals surface area contributed by atoms with Gasteiger partial charge in [-0.05, 0) is 0 Å². The zero-order valence-electron chi connectivity index (χ0n) is 12.3. The Morgan fingerprint density at radius 3 is 2.44 bits per heavy atom. The normalized spacial score (nSPS) is 12.1. The first-order valence-electron chi connectivity index (χ1n) is 6.22. The van der Waals surface area contributed by atoms with E-state index in [1.165, 1.54) is 5.56 Å². The molecule has 0 N–H and O–H groups in total. The summed E-state index contributed by atoms with van der Waals surface area (Å²) in [7, 11) is -1.51. The quantitative estimate of drug-likeness (QED) is 0.784. The second-order valence-electron chi connectivity index (χ2n) is 6.44. The van der Waals surface area contributed by atoms with E-state index in [9.17, 15) is 4.79 Å². The van der Waals surface area contributed by atoms with Crippen molar-refractivity contribution in [3.63, 3.8) is 0 Å². The van der Waals surface area contributed by atoms with Crippen LogP contribution in [0.5, 0.6) is 0 Å². The van der Waals surface area contributed by atoms with Crippen LogP contribution in [-0.4, -0.2) is 32.9 Å². The molecule has 0 unspecified atom stereocenters. The van der Waals surface area contributed by atoms with Gasteiger partial charge in [0.25, 0.3) is 0 Å². The van der Waals surface area contributed by atoms with Gasteiger partial charge in [0.2, 0.25) is 0 Å². The SMILES string of the molecule is CC(C)(C)c1cbccc1CC(=O)O[P+](C)(C)C. The van der Waals surface area contributed by atoms with Crippen molar-refractivity contribution in [1.29, 1.82) is 0 Å². The topological polar surface area (TPSA) is 26.3 Å². The molecule has 0 atom stereocenters. The molecular formula is C14H23BO2P+. The molecule has 4 heteroatoms. The number of carbonyl (C=O) groups is 1. The third kappa shape index (κ3) is 4.90.